The van der Waals surface area contributed by atoms with Crippen molar-refractivity contribution in [3.8, 4) is 0 Å². The third-order valence-electron chi connectivity index (χ3n) is 1.16. The Morgan fingerprint density at radius 2 is 1.43 bits per heavy atom. The third-order valence-corrected chi connectivity index (χ3v) is 1.16. The van der Waals surface area contributed by atoms with E-state index in [2.05, 4.69) is 0 Å². The van der Waals surface area contributed by atoms with Gasteiger partial charge in [0.05, 0.1) is 0 Å². The molecule has 0 aromatic rings. The van der Waals surface area contributed by atoms with Gasteiger partial charge >= 0.3 is 18.4 Å². The highest BCUT2D eigenvalue weighted by Crippen LogP contribution is 2.32. The molecule has 0 unspecified atom stereocenters. The zero-order valence-electron chi connectivity index (χ0n) is 6.75. The molecule has 14 heavy (non-hydrogen) atoms. The number of hydrogen-bond donors (Lipinski definition) is 2. The summed E-state index contributed by atoms with van der Waals surface area (Å²) in [6, 6.07) is -5.40. The van der Waals surface area contributed by atoms with Gasteiger partial charge in [-0.2, -0.15) is 26.3 Å². The topological polar surface area (TPSA) is 41.1 Å². The Balaban J connectivity index is 4.68. The number of urea groups is 1. The Morgan fingerprint density at radius 3 is 1.64 bits per heavy atom. The lowest BCUT2D eigenvalue weighted by molar-refractivity contribution is -0.255. The van der Waals surface area contributed by atoms with Crippen molar-refractivity contribution in [2.45, 2.75) is 18.4 Å². The van der Waals surface area contributed by atoms with E-state index in [9.17, 15) is 31.1 Å². The molecule has 0 aliphatic heterocycles. The van der Waals surface area contributed by atoms with Crippen LogP contribution in [0.15, 0.2) is 0 Å². The number of nitrogens with one attached hydrogen (secondary N) is 2. The van der Waals surface area contributed by atoms with Crippen molar-refractivity contribution in [3.05, 3.63) is 0 Å². The van der Waals surface area contributed by atoms with Crippen molar-refractivity contribution in [2.75, 3.05) is 7.05 Å². The number of halogens is 6. The fraction of sp³-hybridized carbons (Fsp3) is 0.800. The first-order valence-corrected chi connectivity index (χ1v) is 3.20. The fourth-order valence-electron chi connectivity index (χ4n) is 0.553. The first-order valence-electron chi connectivity index (χ1n) is 3.20. The molecule has 0 aliphatic carbocycles. The summed E-state index contributed by atoms with van der Waals surface area (Å²) >= 11 is 0. The van der Waals surface area contributed by atoms with Gasteiger partial charge in [-0.3, -0.25) is 0 Å². The molecule has 2 N–H and O–H groups in total. The molecule has 0 aromatic carbocycles. The van der Waals surface area contributed by atoms with Gasteiger partial charge in [0.15, 0.2) is 0 Å². The van der Waals surface area contributed by atoms with E-state index in [1.807, 2.05) is 0 Å². The molecule has 0 aliphatic rings. The van der Waals surface area contributed by atoms with Crippen molar-refractivity contribution < 1.29 is 31.1 Å². The van der Waals surface area contributed by atoms with Crippen molar-refractivity contribution in [1.82, 2.24) is 10.6 Å². The molecule has 2 amide bonds. The minimum Gasteiger partial charge on any atom is -0.341 e. The summed E-state index contributed by atoms with van der Waals surface area (Å²) in [5.41, 5.74) is 0. The molecular weight excluding hydrogens is 218 g/mol. The van der Waals surface area contributed by atoms with Crippen LogP contribution in [0.25, 0.3) is 0 Å². The summed E-state index contributed by atoms with van der Waals surface area (Å²) in [7, 11) is 0.902. The van der Waals surface area contributed by atoms with Gasteiger partial charge in [0, 0.05) is 7.05 Å². The van der Waals surface area contributed by atoms with Crippen LogP contribution in [0.5, 0.6) is 0 Å². The lowest BCUT2D eigenvalue weighted by atomic mass is 10.3. The first-order chi connectivity index (χ1) is 6.09. The normalized spacial score (nSPS) is 12.9. The molecule has 0 aromatic heterocycles. The van der Waals surface area contributed by atoms with Gasteiger partial charge in [-0.15, -0.1) is 0 Å². The molecule has 0 saturated carbocycles. The van der Waals surface area contributed by atoms with Crippen LogP contribution in [-0.4, -0.2) is 31.5 Å². The molecule has 0 bridgehead atoms. The molecule has 9 heteroatoms. The standard InChI is InChI=1S/C5H6F6N2O/c1-12-3(14)13-2(4(6,7)8)5(9,10)11/h2H,1H3,(H2,12,13,14). The summed E-state index contributed by atoms with van der Waals surface area (Å²) in [4.78, 5) is 10.3. The summed E-state index contributed by atoms with van der Waals surface area (Å²) in [5, 5.41) is 2.34. The zero-order valence-corrected chi connectivity index (χ0v) is 6.75. The average molecular weight is 224 g/mol. The van der Waals surface area contributed by atoms with E-state index in [4.69, 9.17) is 0 Å². The maximum absolute atomic E-state index is 11.8. The predicted molar refractivity (Wildman–Crippen MR) is 33.5 cm³/mol. The van der Waals surface area contributed by atoms with Gasteiger partial charge in [0.1, 0.15) is 0 Å². The quantitative estimate of drug-likeness (QED) is 0.649. The number of carbonyl (C=O) groups is 1. The van der Waals surface area contributed by atoms with Gasteiger partial charge in [-0.05, 0) is 0 Å². The third kappa shape index (κ3) is 3.71. The Morgan fingerprint density at radius 1 is 1.07 bits per heavy atom. The van der Waals surface area contributed by atoms with Gasteiger partial charge in [0.2, 0.25) is 6.04 Å². The lowest BCUT2D eigenvalue weighted by Crippen LogP contribution is -2.56. The molecule has 84 valence electrons. The summed E-state index contributed by atoms with van der Waals surface area (Å²) in [6.07, 6.45) is -11.1. The monoisotopic (exact) mass is 224 g/mol. The van der Waals surface area contributed by atoms with Crippen LogP contribution in [0.1, 0.15) is 0 Å². The molecule has 0 saturated heterocycles. The summed E-state index contributed by atoms with van der Waals surface area (Å²) < 4.78 is 70.5. The van der Waals surface area contributed by atoms with E-state index < -0.39 is 24.4 Å². The van der Waals surface area contributed by atoms with E-state index in [0.717, 1.165) is 12.4 Å². The molecular formula is C5H6F6N2O. The molecule has 0 atom stereocenters. The minimum atomic E-state index is -5.56. The Bertz CT molecular complexity index is 195. The average Bonchev–Trinajstić information content (AvgIpc) is 1.95. The predicted octanol–water partition coefficient (Wildman–Crippen LogP) is 1.41. The largest absolute Gasteiger partial charge is 0.417 e. The second kappa shape index (κ2) is 3.93. The minimum absolute atomic E-state index is 0.747. The van der Waals surface area contributed by atoms with E-state index in [0.29, 0.717) is 0 Å². The van der Waals surface area contributed by atoms with Crippen LogP contribution in [-0.2, 0) is 0 Å². The fourth-order valence-corrected chi connectivity index (χ4v) is 0.553. The highest BCUT2D eigenvalue weighted by molar-refractivity contribution is 5.74. The van der Waals surface area contributed by atoms with Gasteiger partial charge < -0.3 is 10.6 Å². The SMILES string of the molecule is CNC(=O)NC(C(F)(F)F)C(F)(F)F. The van der Waals surface area contributed by atoms with Crippen LogP contribution < -0.4 is 10.6 Å². The van der Waals surface area contributed by atoms with Gasteiger partial charge in [-0.25, -0.2) is 4.79 Å². The Kier molecular flexibility index (Phi) is 3.60. The zero-order chi connectivity index (χ0) is 11.6. The summed E-state index contributed by atoms with van der Waals surface area (Å²) in [6.45, 7) is 0. The maximum atomic E-state index is 11.8. The van der Waals surface area contributed by atoms with E-state index >= 15 is 0 Å². The van der Waals surface area contributed by atoms with Crippen LogP contribution in [0.2, 0.25) is 0 Å². The van der Waals surface area contributed by atoms with Crippen molar-refractivity contribution >= 4 is 6.03 Å². The van der Waals surface area contributed by atoms with Gasteiger partial charge in [0.25, 0.3) is 0 Å². The van der Waals surface area contributed by atoms with Gasteiger partial charge in [-0.1, -0.05) is 0 Å². The van der Waals surface area contributed by atoms with Crippen molar-refractivity contribution in [2.24, 2.45) is 0 Å². The molecule has 0 rings (SSSR count). The highest BCUT2D eigenvalue weighted by atomic mass is 19.4. The second-order valence-corrected chi connectivity index (χ2v) is 2.24. The second-order valence-electron chi connectivity index (χ2n) is 2.24. The first kappa shape index (κ1) is 12.8. The number of carbonyl (C=O) groups excluding carboxylic acids is 1. The lowest BCUT2D eigenvalue weighted by Gasteiger charge is -2.23. The van der Waals surface area contributed by atoms with Crippen LogP contribution >= 0.6 is 0 Å². The maximum Gasteiger partial charge on any atom is 0.417 e. The summed E-state index contributed by atoms with van der Waals surface area (Å²) in [5.74, 6) is 0. The smallest absolute Gasteiger partial charge is 0.341 e. The number of amides is 2. The molecule has 0 heterocycles. The molecule has 0 radical (unpaired) electrons. The number of alkyl halides is 6. The van der Waals surface area contributed by atoms with E-state index in [-0.39, 0.29) is 0 Å². The highest BCUT2D eigenvalue weighted by Gasteiger charge is 2.57. The number of rotatable bonds is 1. The molecule has 0 spiro atoms. The molecule has 0 fully saturated rings. The van der Waals surface area contributed by atoms with Crippen LogP contribution in [0, 0.1) is 0 Å². The van der Waals surface area contributed by atoms with E-state index in [1.54, 1.807) is 5.32 Å². The van der Waals surface area contributed by atoms with E-state index in [1.165, 1.54) is 0 Å². The Hall–Kier alpha value is -1.15. The van der Waals surface area contributed by atoms with Crippen molar-refractivity contribution in [1.29, 1.82) is 0 Å². The van der Waals surface area contributed by atoms with Crippen molar-refractivity contribution in [3.63, 3.8) is 0 Å². The Labute approximate surface area is 74.5 Å². The molecule has 3 nitrogen and oxygen atoms in total. The van der Waals surface area contributed by atoms with Crippen LogP contribution in [0.3, 0.4) is 0 Å². The van der Waals surface area contributed by atoms with Crippen LogP contribution in [0.4, 0.5) is 31.1 Å². The number of hydrogen-bond acceptors (Lipinski definition) is 1.